The van der Waals surface area contributed by atoms with Crippen molar-refractivity contribution in [3.8, 4) is 39.5 Å². The molecule has 0 saturated heterocycles. The Morgan fingerprint density at radius 1 is 0.722 bits per heavy atom. The lowest BCUT2D eigenvalue weighted by Crippen LogP contribution is -2.15. The second kappa shape index (κ2) is 11.4. The van der Waals surface area contributed by atoms with E-state index < -0.39 is 12.3 Å². The zero-order valence-electron chi connectivity index (χ0n) is 20.8. The van der Waals surface area contributed by atoms with Crippen LogP contribution in [0.3, 0.4) is 0 Å². The van der Waals surface area contributed by atoms with Gasteiger partial charge in [0.25, 0.3) is 0 Å². The summed E-state index contributed by atoms with van der Waals surface area (Å²) in [6, 6.07) is 20.4. The van der Waals surface area contributed by atoms with Gasteiger partial charge in [0, 0.05) is 11.1 Å². The number of aliphatic hydroxyl groups excluding tert-OH is 1. The average Bonchev–Trinajstić information content (AvgIpc) is 2.84. The molecule has 36 heavy (non-hydrogen) atoms. The maximum atomic E-state index is 11.8. The predicted molar refractivity (Wildman–Crippen MR) is 144 cm³/mol. The maximum absolute atomic E-state index is 11.8. The third-order valence-electron chi connectivity index (χ3n) is 5.27. The van der Waals surface area contributed by atoms with Crippen LogP contribution in [0.2, 0.25) is 0 Å². The van der Waals surface area contributed by atoms with E-state index in [0.29, 0.717) is 39.7 Å². The predicted octanol–water partition coefficient (Wildman–Crippen LogP) is 7.24. The van der Waals surface area contributed by atoms with Crippen LogP contribution in [0.25, 0.3) is 22.3 Å². The lowest BCUT2D eigenvalue weighted by molar-refractivity contribution is -0.130. The molecule has 184 valence electrons. The van der Waals surface area contributed by atoms with Crippen molar-refractivity contribution in [2.45, 2.75) is 27.1 Å². The minimum absolute atomic E-state index is 0.334. The number of rotatable bonds is 10. The molecule has 3 rings (SSSR count). The Balaban J connectivity index is 1.93. The molecule has 0 bridgehead atoms. The van der Waals surface area contributed by atoms with Gasteiger partial charge in [-0.3, -0.25) is 0 Å². The Morgan fingerprint density at radius 2 is 1.28 bits per heavy atom. The van der Waals surface area contributed by atoms with E-state index in [4.69, 9.17) is 14.2 Å². The number of esters is 1. The molecule has 0 heterocycles. The molecule has 0 aliphatic carbocycles. The number of carbonyl (C=O) groups excluding carboxylic acids is 1. The first-order valence-electron chi connectivity index (χ1n) is 11.3. The van der Waals surface area contributed by atoms with Crippen LogP contribution < -0.4 is 14.2 Å². The quantitative estimate of drug-likeness (QED) is 0.0627. The van der Waals surface area contributed by atoms with E-state index in [1.54, 1.807) is 38.1 Å². The smallest absolute Gasteiger partial charge is 0.338 e. The van der Waals surface area contributed by atoms with Crippen LogP contribution >= 0.6 is 0 Å². The van der Waals surface area contributed by atoms with Gasteiger partial charge in [0.15, 0.2) is 0 Å². The van der Waals surface area contributed by atoms with E-state index in [2.05, 4.69) is 26.3 Å². The van der Waals surface area contributed by atoms with Crippen LogP contribution in [0.5, 0.6) is 17.2 Å². The summed E-state index contributed by atoms with van der Waals surface area (Å²) in [7, 11) is 0. The van der Waals surface area contributed by atoms with Crippen LogP contribution in [0.1, 0.15) is 20.8 Å². The highest BCUT2D eigenvalue weighted by molar-refractivity contribution is 5.88. The van der Waals surface area contributed by atoms with E-state index in [0.717, 1.165) is 22.3 Å². The van der Waals surface area contributed by atoms with Crippen molar-refractivity contribution < 1.29 is 24.1 Å². The number of carbonyl (C=O) groups is 1. The summed E-state index contributed by atoms with van der Waals surface area (Å²) in [5.74, 6) is 1.56. The molecular formula is C31H30O5. The summed E-state index contributed by atoms with van der Waals surface area (Å²) in [6.45, 7) is 20.3. The van der Waals surface area contributed by atoms with E-state index in [1.165, 1.54) is 0 Å². The molecule has 3 aromatic carbocycles. The lowest BCUT2D eigenvalue weighted by atomic mass is 9.99. The largest absolute Gasteiger partial charge is 0.461 e. The van der Waals surface area contributed by atoms with Crippen molar-refractivity contribution in [1.29, 1.82) is 0 Å². The van der Waals surface area contributed by atoms with Crippen molar-refractivity contribution in [1.82, 2.24) is 0 Å². The summed E-state index contributed by atoms with van der Waals surface area (Å²) in [4.78, 5) is 11.8. The van der Waals surface area contributed by atoms with Gasteiger partial charge in [-0.1, -0.05) is 62.7 Å². The summed E-state index contributed by atoms with van der Waals surface area (Å²) >= 11 is 0. The van der Waals surface area contributed by atoms with E-state index >= 15 is 0 Å². The normalized spacial score (nSPS) is 11.2. The van der Waals surface area contributed by atoms with E-state index in [9.17, 15) is 9.90 Å². The van der Waals surface area contributed by atoms with Crippen LogP contribution in [0.4, 0.5) is 0 Å². The zero-order chi connectivity index (χ0) is 26.4. The molecule has 0 spiro atoms. The first-order valence-corrected chi connectivity index (χ1v) is 11.3. The second-order valence-corrected chi connectivity index (χ2v) is 8.55. The molecule has 0 radical (unpaired) electrons. The zero-order valence-corrected chi connectivity index (χ0v) is 20.8. The second-order valence-electron chi connectivity index (χ2n) is 8.55. The lowest BCUT2D eigenvalue weighted by Gasteiger charge is -2.16. The van der Waals surface area contributed by atoms with Gasteiger partial charge < -0.3 is 19.3 Å². The molecule has 5 heteroatoms. The van der Waals surface area contributed by atoms with Gasteiger partial charge in [-0.2, -0.15) is 0 Å². The van der Waals surface area contributed by atoms with E-state index in [1.807, 2.05) is 49.4 Å². The minimum atomic E-state index is -1.07. The van der Waals surface area contributed by atoms with Gasteiger partial charge in [0.2, 0.25) is 6.29 Å². The molecule has 0 aliphatic rings. The van der Waals surface area contributed by atoms with Crippen LogP contribution in [0.15, 0.2) is 116 Å². The molecule has 0 aromatic heterocycles. The van der Waals surface area contributed by atoms with Crippen molar-refractivity contribution in [3.05, 3.63) is 116 Å². The Kier molecular flexibility index (Phi) is 8.30. The molecule has 1 atom stereocenters. The molecule has 5 nitrogen and oxygen atoms in total. The SMILES string of the molecule is C=C(C)C(=C)Oc1cc(-c2ccc(OC(=O)C(=C)C)cc2)ccc1-c1ccc(OC(O)C(=C)C)cc1. The first kappa shape index (κ1) is 26.3. The monoisotopic (exact) mass is 482 g/mol. The molecule has 1 unspecified atom stereocenters. The third kappa shape index (κ3) is 6.62. The van der Waals surface area contributed by atoms with Crippen LogP contribution in [-0.4, -0.2) is 17.4 Å². The van der Waals surface area contributed by atoms with Crippen LogP contribution in [0, 0.1) is 0 Å². The summed E-state index contributed by atoms with van der Waals surface area (Å²) in [5, 5.41) is 9.90. The Hall–Kier alpha value is -4.35. The molecule has 0 fully saturated rings. The van der Waals surface area contributed by atoms with Gasteiger partial charge in [-0.05, 0) is 78.9 Å². The average molecular weight is 483 g/mol. The fourth-order valence-corrected chi connectivity index (χ4v) is 3.10. The van der Waals surface area contributed by atoms with Crippen molar-refractivity contribution in [2.75, 3.05) is 0 Å². The van der Waals surface area contributed by atoms with Gasteiger partial charge in [-0.25, -0.2) is 4.79 Å². The molecule has 3 aromatic rings. The molecular weight excluding hydrogens is 452 g/mol. The maximum Gasteiger partial charge on any atom is 0.338 e. The van der Waals surface area contributed by atoms with Gasteiger partial charge >= 0.3 is 5.97 Å². The first-order chi connectivity index (χ1) is 17.0. The van der Waals surface area contributed by atoms with Crippen molar-refractivity contribution >= 4 is 5.97 Å². The summed E-state index contributed by atoms with van der Waals surface area (Å²) < 4.78 is 16.9. The molecule has 0 aliphatic heterocycles. The number of allylic oxidation sites excluding steroid dienone is 1. The van der Waals surface area contributed by atoms with Crippen molar-refractivity contribution in [3.63, 3.8) is 0 Å². The standard InChI is InChI=1S/C31H30O5/c1-19(2)22(7)34-29-18-25(23-8-13-26(14-9-23)35-30(32)20(3)4)12-17-28(29)24-10-15-27(16-11-24)36-31(33)21(5)6/h8-18,31,33H,1,3,5,7H2,2,4,6H3. The fourth-order valence-electron chi connectivity index (χ4n) is 3.10. The number of hydrogen-bond donors (Lipinski definition) is 1. The van der Waals surface area contributed by atoms with Gasteiger partial charge in [0.1, 0.15) is 23.0 Å². The summed E-state index contributed by atoms with van der Waals surface area (Å²) in [5.41, 5.74) is 5.13. The number of ether oxygens (including phenoxy) is 3. The van der Waals surface area contributed by atoms with Crippen molar-refractivity contribution in [2.24, 2.45) is 0 Å². The number of hydrogen-bond acceptors (Lipinski definition) is 5. The number of benzene rings is 3. The topological polar surface area (TPSA) is 65.0 Å². The highest BCUT2D eigenvalue weighted by Gasteiger charge is 2.13. The molecule has 0 saturated carbocycles. The Morgan fingerprint density at radius 3 is 1.83 bits per heavy atom. The third-order valence-corrected chi connectivity index (χ3v) is 5.27. The number of aliphatic hydroxyl groups is 1. The summed E-state index contributed by atoms with van der Waals surface area (Å²) in [6.07, 6.45) is -1.07. The van der Waals surface area contributed by atoms with Gasteiger partial charge in [0.05, 0.1) is 0 Å². The fraction of sp³-hybridized carbons (Fsp3) is 0.129. The van der Waals surface area contributed by atoms with Gasteiger partial charge in [-0.15, -0.1) is 0 Å². The van der Waals surface area contributed by atoms with E-state index in [-0.39, 0.29) is 0 Å². The Bertz CT molecular complexity index is 1310. The highest BCUT2D eigenvalue weighted by Crippen LogP contribution is 2.37. The molecule has 0 amide bonds. The molecule has 1 N–H and O–H groups in total. The van der Waals surface area contributed by atoms with Crippen LogP contribution in [-0.2, 0) is 4.79 Å². The Labute approximate surface area is 212 Å². The highest BCUT2D eigenvalue weighted by atomic mass is 16.6. The minimum Gasteiger partial charge on any atom is -0.461 e.